The van der Waals surface area contributed by atoms with Crippen molar-refractivity contribution in [1.82, 2.24) is 14.7 Å². The number of hydrogen-bond acceptors (Lipinski definition) is 5. The predicted molar refractivity (Wildman–Crippen MR) is 88.7 cm³/mol. The SMILES string of the molecule is CCOC(=O)C=CC(=O)N(CCCN(C)C)CCCN(C)C. The summed E-state index contributed by atoms with van der Waals surface area (Å²) >= 11 is 0. The summed E-state index contributed by atoms with van der Waals surface area (Å²) in [5.74, 6) is -0.608. The number of rotatable bonds is 11. The van der Waals surface area contributed by atoms with Crippen LogP contribution in [-0.2, 0) is 14.3 Å². The largest absolute Gasteiger partial charge is 0.463 e. The van der Waals surface area contributed by atoms with Crippen LogP contribution in [0.5, 0.6) is 0 Å². The van der Waals surface area contributed by atoms with Crippen LogP contribution in [0.2, 0.25) is 0 Å². The number of hydrogen-bond donors (Lipinski definition) is 0. The molecule has 22 heavy (non-hydrogen) atoms. The number of carbonyl (C=O) groups is 2. The third-order valence-electron chi connectivity index (χ3n) is 3.03. The Bertz CT molecular complexity index is 341. The highest BCUT2D eigenvalue weighted by Crippen LogP contribution is 1.99. The highest BCUT2D eigenvalue weighted by Gasteiger charge is 2.11. The van der Waals surface area contributed by atoms with Gasteiger partial charge in [-0.25, -0.2) is 4.79 Å². The molecule has 0 saturated heterocycles. The van der Waals surface area contributed by atoms with Gasteiger partial charge in [0.25, 0.3) is 0 Å². The summed E-state index contributed by atoms with van der Waals surface area (Å²) in [7, 11) is 8.05. The summed E-state index contributed by atoms with van der Waals surface area (Å²) in [5.41, 5.74) is 0. The normalized spacial score (nSPS) is 11.4. The van der Waals surface area contributed by atoms with E-state index in [0.717, 1.165) is 25.9 Å². The summed E-state index contributed by atoms with van der Waals surface area (Å²) in [6.07, 6.45) is 4.34. The van der Waals surface area contributed by atoms with Crippen LogP contribution in [-0.4, -0.2) is 87.6 Å². The molecule has 0 aromatic heterocycles. The molecule has 0 fully saturated rings. The lowest BCUT2D eigenvalue weighted by molar-refractivity contribution is -0.137. The fraction of sp³-hybridized carbons (Fsp3) is 0.750. The quantitative estimate of drug-likeness (QED) is 0.418. The van der Waals surface area contributed by atoms with E-state index in [9.17, 15) is 9.59 Å². The van der Waals surface area contributed by atoms with Crippen molar-refractivity contribution >= 4 is 11.9 Å². The van der Waals surface area contributed by atoms with E-state index < -0.39 is 5.97 Å². The van der Waals surface area contributed by atoms with Crippen molar-refractivity contribution in [3.05, 3.63) is 12.2 Å². The summed E-state index contributed by atoms with van der Waals surface area (Å²) in [6, 6.07) is 0. The second kappa shape index (κ2) is 12.2. The van der Waals surface area contributed by atoms with Crippen molar-refractivity contribution in [3.63, 3.8) is 0 Å². The van der Waals surface area contributed by atoms with Gasteiger partial charge < -0.3 is 19.4 Å². The van der Waals surface area contributed by atoms with Crippen LogP contribution in [0, 0.1) is 0 Å². The number of esters is 1. The van der Waals surface area contributed by atoms with E-state index in [0.29, 0.717) is 19.7 Å². The molecule has 0 aromatic rings. The molecular weight excluding hydrogens is 282 g/mol. The van der Waals surface area contributed by atoms with Crippen molar-refractivity contribution < 1.29 is 14.3 Å². The molecule has 0 aliphatic rings. The molecule has 0 radical (unpaired) electrons. The first-order chi connectivity index (χ1) is 10.4. The molecule has 0 heterocycles. The maximum atomic E-state index is 12.2. The van der Waals surface area contributed by atoms with Crippen LogP contribution < -0.4 is 0 Å². The first kappa shape index (κ1) is 20.6. The lowest BCUT2D eigenvalue weighted by Gasteiger charge is -2.23. The van der Waals surface area contributed by atoms with E-state index in [1.165, 1.54) is 12.2 Å². The Balaban J connectivity index is 4.45. The van der Waals surface area contributed by atoms with Crippen LogP contribution in [0.4, 0.5) is 0 Å². The minimum absolute atomic E-state index is 0.134. The Morgan fingerprint density at radius 3 is 1.77 bits per heavy atom. The van der Waals surface area contributed by atoms with Crippen molar-refractivity contribution in [2.45, 2.75) is 19.8 Å². The Hall–Kier alpha value is -1.40. The van der Waals surface area contributed by atoms with Gasteiger partial charge in [-0.05, 0) is 61.0 Å². The van der Waals surface area contributed by atoms with Crippen molar-refractivity contribution in [1.29, 1.82) is 0 Å². The Labute approximate surface area is 134 Å². The summed E-state index contributed by atoms with van der Waals surface area (Å²) in [5, 5.41) is 0. The van der Waals surface area contributed by atoms with Gasteiger partial charge in [-0.15, -0.1) is 0 Å². The fourth-order valence-corrected chi connectivity index (χ4v) is 1.92. The van der Waals surface area contributed by atoms with E-state index in [2.05, 4.69) is 9.80 Å². The molecule has 0 aliphatic heterocycles. The van der Waals surface area contributed by atoms with Crippen LogP contribution >= 0.6 is 0 Å². The molecule has 128 valence electrons. The number of carbonyl (C=O) groups excluding carboxylic acids is 2. The standard InChI is InChI=1S/C16H31N3O3/c1-6-22-16(21)10-9-15(20)19(13-7-11-17(2)3)14-8-12-18(4)5/h9-10H,6-8,11-14H2,1-5H3. The number of amides is 1. The average Bonchev–Trinajstić information content (AvgIpc) is 2.42. The highest BCUT2D eigenvalue weighted by atomic mass is 16.5. The van der Waals surface area contributed by atoms with Gasteiger partial charge in [0.05, 0.1) is 6.61 Å². The van der Waals surface area contributed by atoms with Gasteiger partial charge in [-0.3, -0.25) is 4.79 Å². The monoisotopic (exact) mass is 313 g/mol. The third kappa shape index (κ3) is 11.3. The first-order valence-corrected chi connectivity index (χ1v) is 7.80. The fourth-order valence-electron chi connectivity index (χ4n) is 1.92. The van der Waals surface area contributed by atoms with E-state index in [4.69, 9.17) is 4.74 Å². The van der Waals surface area contributed by atoms with Gasteiger partial charge in [0.1, 0.15) is 0 Å². The summed E-state index contributed by atoms with van der Waals surface area (Å²) in [6.45, 7) is 5.29. The molecule has 0 aromatic carbocycles. The topological polar surface area (TPSA) is 53.1 Å². The zero-order chi connectivity index (χ0) is 17.0. The molecular formula is C16H31N3O3. The van der Waals surface area contributed by atoms with Crippen LogP contribution in [0.15, 0.2) is 12.2 Å². The Morgan fingerprint density at radius 2 is 1.36 bits per heavy atom. The van der Waals surface area contributed by atoms with Crippen molar-refractivity contribution in [2.24, 2.45) is 0 Å². The second-order valence-electron chi connectivity index (χ2n) is 5.72. The van der Waals surface area contributed by atoms with E-state index in [-0.39, 0.29) is 5.91 Å². The molecule has 6 heteroatoms. The van der Waals surface area contributed by atoms with E-state index >= 15 is 0 Å². The lowest BCUT2D eigenvalue weighted by atomic mass is 10.3. The molecule has 0 atom stereocenters. The van der Waals surface area contributed by atoms with Crippen LogP contribution in [0.25, 0.3) is 0 Å². The van der Waals surface area contributed by atoms with Gasteiger partial charge in [-0.1, -0.05) is 0 Å². The second-order valence-corrected chi connectivity index (χ2v) is 5.72. The summed E-state index contributed by atoms with van der Waals surface area (Å²) < 4.78 is 4.79. The molecule has 6 nitrogen and oxygen atoms in total. The van der Waals surface area contributed by atoms with Crippen molar-refractivity contribution in [2.75, 3.05) is 61.0 Å². The van der Waals surface area contributed by atoms with Gasteiger partial charge in [0.2, 0.25) is 5.91 Å². The zero-order valence-corrected chi connectivity index (χ0v) is 14.7. The summed E-state index contributed by atoms with van der Waals surface area (Å²) in [4.78, 5) is 29.5. The minimum atomic E-state index is -0.475. The Kier molecular flexibility index (Phi) is 11.4. The average molecular weight is 313 g/mol. The highest BCUT2D eigenvalue weighted by molar-refractivity contribution is 5.94. The first-order valence-electron chi connectivity index (χ1n) is 7.80. The van der Waals surface area contributed by atoms with Gasteiger partial charge in [0.15, 0.2) is 0 Å². The van der Waals surface area contributed by atoms with Crippen LogP contribution in [0.3, 0.4) is 0 Å². The molecule has 1 amide bonds. The maximum absolute atomic E-state index is 12.2. The van der Waals surface area contributed by atoms with Crippen molar-refractivity contribution in [3.8, 4) is 0 Å². The van der Waals surface area contributed by atoms with E-state index in [1.807, 2.05) is 28.2 Å². The molecule has 0 spiro atoms. The predicted octanol–water partition coefficient (Wildman–Crippen LogP) is 0.838. The number of nitrogens with zero attached hydrogens (tertiary/aromatic N) is 3. The number of ether oxygens (including phenoxy) is 1. The van der Waals surface area contributed by atoms with E-state index in [1.54, 1.807) is 11.8 Å². The van der Waals surface area contributed by atoms with Gasteiger partial charge in [0, 0.05) is 25.2 Å². The minimum Gasteiger partial charge on any atom is -0.463 e. The molecule has 0 unspecified atom stereocenters. The third-order valence-corrected chi connectivity index (χ3v) is 3.03. The maximum Gasteiger partial charge on any atom is 0.330 e. The zero-order valence-electron chi connectivity index (χ0n) is 14.7. The van der Waals surface area contributed by atoms with Gasteiger partial charge in [-0.2, -0.15) is 0 Å². The molecule has 0 bridgehead atoms. The smallest absolute Gasteiger partial charge is 0.330 e. The molecule has 0 saturated carbocycles. The molecule has 0 rings (SSSR count). The van der Waals surface area contributed by atoms with Gasteiger partial charge >= 0.3 is 5.97 Å². The lowest BCUT2D eigenvalue weighted by Crippen LogP contribution is -2.34. The Morgan fingerprint density at radius 1 is 0.864 bits per heavy atom. The molecule has 0 N–H and O–H groups in total. The van der Waals surface area contributed by atoms with Crippen LogP contribution in [0.1, 0.15) is 19.8 Å². The molecule has 0 aliphatic carbocycles.